The first-order valence-corrected chi connectivity index (χ1v) is 8.48. The van der Waals surface area contributed by atoms with Crippen LogP contribution >= 0.6 is 0 Å². The number of rotatable bonds is 5. The van der Waals surface area contributed by atoms with Crippen LogP contribution in [0.15, 0.2) is 54.6 Å². The van der Waals surface area contributed by atoms with Gasteiger partial charge < -0.3 is 10.1 Å². The smallest absolute Gasteiger partial charge is 0.263 e. The molecule has 1 aliphatic rings. The number of benzene rings is 2. The fraction of sp³-hybridized carbons (Fsp3) is 0.350. The Bertz CT molecular complexity index is 706. The van der Waals surface area contributed by atoms with Gasteiger partial charge in [0.25, 0.3) is 12.3 Å². The Morgan fingerprint density at radius 2 is 1.96 bits per heavy atom. The lowest BCUT2D eigenvalue weighted by Gasteiger charge is -2.32. The molecule has 1 aliphatic heterocycles. The maximum Gasteiger partial charge on any atom is 0.263 e. The number of halogens is 2. The van der Waals surface area contributed by atoms with Crippen molar-refractivity contribution < 1.29 is 18.3 Å². The number of ether oxygens (including phenoxy) is 1. The summed E-state index contributed by atoms with van der Waals surface area (Å²) in [6.45, 7) is 1.16. The zero-order valence-corrected chi connectivity index (χ0v) is 13.8. The van der Waals surface area contributed by atoms with E-state index in [4.69, 9.17) is 4.74 Å². The van der Waals surface area contributed by atoms with E-state index in [1.807, 2.05) is 30.3 Å². The van der Waals surface area contributed by atoms with Crippen LogP contribution in [0, 0.1) is 5.92 Å². The Kier molecular flexibility index (Phi) is 5.76. The van der Waals surface area contributed by atoms with Crippen LogP contribution in [0.5, 0.6) is 0 Å². The molecule has 1 amide bonds. The van der Waals surface area contributed by atoms with Crippen molar-refractivity contribution in [2.75, 3.05) is 13.2 Å². The molecule has 0 unspecified atom stereocenters. The number of amides is 1. The summed E-state index contributed by atoms with van der Waals surface area (Å²) < 4.78 is 31.5. The number of carbonyl (C=O) groups excluding carboxylic acids is 1. The van der Waals surface area contributed by atoms with Crippen molar-refractivity contribution in [2.24, 2.45) is 5.92 Å². The minimum absolute atomic E-state index is 0.0531. The predicted octanol–water partition coefficient (Wildman–Crippen LogP) is 4.52. The van der Waals surface area contributed by atoms with E-state index in [2.05, 4.69) is 5.32 Å². The molecule has 1 N–H and O–H groups in total. The third-order valence-electron chi connectivity index (χ3n) is 4.50. The summed E-state index contributed by atoms with van der Waals surface area (Å²) in [5, 5.41) is 2.87. The number of alkyl halides is 2. The van der Waals surface area contributed by atoms with Crippen molar-refractivity contribution in [1.82, 2.24) is 5.32 Å². The zero-order chi connectivity index (χ0) is 17.6. The summed E-state index contributed by atoms with van der Waals surface area (Å²) in [7, 11) is 0. The second-order valence-corrected chi connectivity index (χ2v) is 6.24. The van der Waals surface area contributed by atoms with Gasteiger partial charge >= 0.3 is 0 Å². The van der Waals surface area contributed by atoms with Gasteiger partial charge in [0.15, 0.2) is 0 Å². The molecule has 1 fully saturated rings. The van der Waals surface area contributed by atoms with E-state index < -0.39 is 6.43 Å². The molecule has 3 nitrogen and oxygen atoms in total. The van der Waals surface area contributed by atoms with Gasteiger partial charge in [-0.25, -0.2) is 8.78 Å². The van der Waals surface area contributed by atoms with Crippen LogP contribution in [0.25, 0.3) is 0 Å². The fourth-order valence-corrected chi connectivity index (χ4v) is 3.20. The highest BCUT2D eigenvalue weighted by Crippen LogP contribution is 2.33. The van der Waals surface area contributed by atoms with E-state index >= 15 is 0 Å². The highest BCUT2D eigenvalue weighted by Gasteiger charge is 2.27. The van der Waals surface area contributed by atoms with Crippen LogP contribution in [0.4, 0.5) is 8.78 Å². The van der Waals surface area contributed by atoms with Crippen LogP contribution in [-0.4, -0.2) is 19.1 Å². The largest absolute Gasteiger partial charge is 0.373 e. The summed E-state index contributed by atoms with van der Waals surface area (Å²) >= 11 is 0. The van der Waals surface area contributed by atoms with Gasteiger partial charge in [-0.05, 0) is 30.5 Å². The monoisotopic (exact) mass is 345 g/mol. The first kappa shape index (κ1) is 17.5. The molecule has 25 heavy (non-hydrogen) atoms. The van der Waals surface area contributed by atoms with E-state index in [0.29, 0.717) is 13.2 Å². The van der Waals surface area contributed by atoms with Gasteiger partial charge in [-0.15, -0.1) is 0 Å². The summed E-state index contributed by atoms with van der Waals surface area (Å²) in [6.07, 6.45) is -0.730. The quantitative estimate of drug-likeness (QED) is 0.865. The molecule has 2 atom stereocenters. The second kappa shape index (κ2) is 8.21. The fourth-order valence-electron chi connectivity index (χ4n) is 3.20. The number of hydrogen-bond acceptors (Lipinski definition) is 2. The normalized spacial score (nSPS) is 20.4. The van der Waals surface area contributed by atoms with Crippen LogP contribution in [0.3, 0.4) is 0 Å². The molecule has 1 heterocycles. The van der Waals surface area contributed by atoms with Gasteiger partial charge in [0, 0.05) is 30.2 Å². The van der Waals surface area contributed by atoms with Gasteiger partial charge in [-0.2, -0.15) is 0 Å². The minimum Gasteiger partial charge on any atom is -0.373 e. The Morgan fingerprint density at radius 1 is 1.16 bits per heavy atom. The van der Waals surface area contributed by atoms with Crippen LogP contribution in [0.2, 0.25) is 0 Å². The topological polar surface area (TPSA) is 38.3 Å². The molecule has 0 saturated carbocycles. The van der Waals surface area contributed by atoms with Crippen LogP contribution < -0.4 is 5.32 Å². The molecule has 2 aromatic rings. The lowest BCUT2D eigenvalue weighted by atomic mass is 9.89. The number of hydrogen-bond donors (Lipinski definition) is 1. The van der Waals surface area contributed by atoms with Gasteiger partial charge in [0.2, 0.25) is 0 Å². The Balaban J connectivity index is 1.65. The zero-order valence-electron chi connectivity index (χ0n) is 13.8. The maximum atomic E-state index is 12.8. The number of nitrogens with one attached hydrogen (secondary N) is 1. The molecule has 3 rings (SSSR count). The minimum atomic E-state index is -2.58. The predicted molar refractivity (Wildman–Crippen MR) is 91.6 cm³/mol. The van der Waals surface area contributed by atoms with Crippen LogP contribution in [0.1, 0.15) is 46.9 Å². The molecule has 2 aromatic carbocycles. The van der Waals surface area contributed by atoms with E-state index in [-0.39, 0.29) is 29.1 Å². The molecule has 0 bridgehead atoms. The molecule has 132 valence electrons. The second-order valence-electron chi connectivity index (χ2n) is 6.24. The van der Waals surface area contributed by atoms with Crippen molar-refractivity contribution in [2.45, 2.75) is 25.4 Å². The van der Waals surface area contributed by atoms with Gasteiger partial charge in [0.05, 0.1) is 6.10 Å². The van der Waals surface area contributed by atoms with Crippen molar-refractivity contribution in [3.8, 4) is 0 Å². The SMILES string of the molecule is O=C(NC[C@@H]1CCCO[C@H]1c1ccccc1)c1cccc(C(F)F)c1. The Hall–Kier alpha value is -2.27. The van der Waals surface area contributed by atoms with Crippen molar-refractivity contribution >= 4 is 5.91 Å². The van der Waals surface area contributed by atoms with E-state index in [1.54, 1.807) is 6.07 Å². The third-order valence-corrected chi connectivity index (χ3v) is 4.50. The molecule has 0 aliphatic carbocycles. The lowest BCUT2D eigenvalue weighted by Crippen LogP contribution is -2.35. The standard InChI is InChI=1S/C20H21F2NO2/c21-19(22)15-8-4-9-16(12-15)20(24)23-13-17-10-5-11-25-18(17)14-6-2-1-3-7-14/h1-4,6-9,12,17-19H,5,10-11,13H2,(H,23,24)/t17-,18-/m0/s1. The van der Waals surface area contributed by atoms with Crippen molar-refractivity contribution in [3.05, 3.63) is 71.3 Å². The molecule has 5 heteroatoms. The molecule has 1 saturated heterocycles. The van der Waals surface area contributed by atoms with Crippen molar-refractivity contribution in [3.63, 3.8) is 0 Å². The van der Waals surface area contributed by atoms with E-state index in [9.17, 15) is 13.6 Å². The molecular weight excluding hydrogens is 324 g/mol. The molecular formula is C20H21F2NO2. The van der Waals surface area contributed by atoms with Gasteiger partial charge in [0.1, 0.15) is 0 Å². The summed E-state index contributed by atoms with van der Waals surface area (Å²) in [5.74, 6) is -0.168. The molecule has 0 spiro atoms. The third kappa shape index (κ3) is 4.42. The van der Waals surface area contributed by atoms with E-state index in [0.717, 1.165) is 18.4 Å². The average Bonchev–Trinajstić information content (AvgIpc) is 2.67. The highest BCUT2D eigenvalue weighted by atomic mass is 19.3. The summed E-state index contributed by atoms with van der Waals surface area (Å²) in [6, 6.07) is 15.5. The van der Waals surface area contributed by atoms with Crippen molar-refractivity contribution in [1.29, 1.82) is 0 Å². The Labute approximate surface area is 146 Å². The first-order valence-electron chi connectivity index (χ1n) is 8.48. The van der Waals surface area contributed by atoms with Gasteiger partial charge in [-0.1, -0.05) is 42.5 Å². The molecule has 0 aromatic heterocycles. The number of carbonyl (C=O) groups is 1. The Morgan fingerprint density at radius 3 is 2.72 bits per heavy atom. The highest BCUT2D eigenvalue weighted by molar-refractivity contribution is 5.94. The first-order chi connectivity index (χ1) is 12.1. The average molecular weight is 345 g/mol. The summed E-state index contributed by atoms with van der Waals surface area (Å²) in [4.78, 5) is 12.3. The summed E-state index contributed by atoms with van der Waals surface area (Å²) in [5.41, 5.74) is 1.21. The maximum absolute atomic E-state index is 12.8. The lowest BCUT2D eigenvalue weighted by molar-refractivity contribution is -0.0272. The molecule has 0 radical (unpaired) electrons. The van der Waals surface area contributed by atoms with Crippen LogP contribution in [-0.2, 0) is 4.74 Å². The van der Waals surface area contributed by atoms with E-state index in [1.165, 1.54) is 18.2 Å². The van der Waals surface area contributed by atoms with Gasteiger partial charge in [-0.3, -0.25) is 4.79 Å².